The molecule has 0 N–H and O–H groups in total. The Morgan fingerprint density at radius 1 is 1.05 bits per heavy atom. The van der Waals surface area contributed by atoms with Crippen LogP contribution in [0.5, 0.6) is 0 Å². The zero-order valence-corrected chi connectivity index (χ0v) is 21.2. The molecular weight excluding hydrogens is 466 g/mol. The Morgan fingerprint density at radius 2 is 1.84 bits per heavy atom. The average molecular weight is 496 g/mol. The van der Waals surface area contributed by atoms with Crippen molar-refractivity contribution in [3.63, 3.8) is 0 Å². The molecule has 7 nitrogen and oxygen atoms in total. The topological polar surface area (TPSA) is 79.4 Å². The molecule has 2 aromatic carbocycles. The van der Waals surface area contributed by atoms with Crippen molar-refractivity contribution in [1.82, 2.24) is 14.7 Å². The van der Waals surface area contributed by atoms with Gasteiger partial charge in [-0.2, -0.15) is 0 Å². The molecule has 1 unspecified atom stereocenters. The molecule has 3 aromatic heterocycles. The van der Waals surface area contributed by atoms with E-state index in [0.29, 0.717) is 11.5 Å². The van der Waals surface area contributed by atoms with Crippen LogP contribution in [0.15, 0.2) is 65.3 Å². The van der Waals surface area contributed by atoms with Crippen LogP contribution in [-0.4, -0.2) is 41.0 Å². The number of carbonyl (C=O) groups is 1. The number of ether oxygens (including phenoxy) is 2. The van der Waals surface area contributed by atoms with Crippen molar-refractivity contribution in [3.8, 4) is 11.1 Å². The molecule has 7 heteroatoms. The quantitative estimate of drug-likeness (QED) is 0.268. The third kappa shape index (κ3) is 4.00. The fourth-order valence-corrected chi connectivity index (χ4v) is 5.80. The summed E-state index contributed by atoms with van der Waals surface area (Å²) in [5.41, 5.74) is 7.36. The summed E-state index contributed by atoms with van der Waals surface area (Å²) in [6.07, 6.45) is 3.79. The molecule has 6 rings (SSSR count). The van der Waals surface area contributed by atoms with Gasteiger partial charge in [0.1, 0.15) is 5.76 Å². The minimum Gasteiger partial charge on any atom is -0.465 e. The predicted octanol–water partition coefficient (Wildman–Crippen LogP) is 6.26. The van der Waals surface area contributed by atoms with Gasteiger partial charge in [-0.3, -0.25) is 4.98 Å². The highest BCUT2D eigenvalue weighted by molar-refractivity contribution is 6.08. The number of hydrogen-bond donors (Lipinski definition) is 0. The second kappa shape index (κ2) is 9.48. The Kier molecular flexibility index (Phi) is 6.00. The SMILES string of the molecule is COC(=O)c1ccc2c3ncc(-c4c(C)noc4C)cc3n(C(c3ccccc3)C3CCOCC3)c2c1. The second-order valence-corrected chi connectivity index (χ2v) is 9.69. The van der Waals surface area contributed by atoms with Gasteiger partial charge >= 0.3 is 5.97 Å². The number of hydrogen-bond acceptors (Lipinski definition) is 6. The molecule has 1 aliphatic rings. The molecule has 188 valence electrons. The minimum absolute atomic E-state index is 0.0414. The van der Waals surface area contributed by atoms with Crippen LogP contribution >= 0.6 is 0 Å². The molecule has 1 atom stereocenters. The molecule has 4 heterocycles. The Balaban J connectivity index is 1.68. The number of benzene rings is 2. The Hall–Kier alpha value is -3.97. The van der Waals surface area contributed by atoms with Gasteiger partial charge in [-0.15, -0.1) is 0 Å². The molecule has 0 bridgehead atoms. The van der Waals surface area contributed by atoms with E-state index in [4.69, 9.17) is 19.0 Å². The Morgan fingerprint density at radius 3 is 2.54 bits per heavy atom. The van der Waals surface area contributed by atoms with Crippen molar-refractivity contribution in [2.24, 2.45) is 5.92 Å². The van der Waals surface area contributed by atoms with Crippen LogP contribution in [0, 0.1) is 19.8 Å². The van der Waals surface area contributed by atoms with Gasteiger partial charge in [0.2, 0.25) is 0 Å². The summed E-state index contributed by atoms with van der Waals surface area (Å²) in [4.78, 5) is 17.5. The summed E-state index contributed by atoms with van der Waals surface area (Å²) in [7, 11) is 1.41. The molecule has 0 spiro atoms. The lowest BCUT2D eigenvalue weighted by Gasteiger charge is -2.33. The summed E-state index contributed by atoms with van der Waals surface area (Å²) in [5, 5.41) is 5.16. The van der Waals surface area contributed by atoms with Gasteiger partial charge in [-0.05, 0) is 62.4 Å². The third-order valence-electron chi connectivity index (χ3n) is 7.51. The molecule has 37 heavy (non-hydrogen) atoms. The first-order valence-electron chi connectivity index (χ1n) is 12.6. The van der Waals surface area contributed by atoms with Gasteiger partial charge in [0.25, 0.3) is 0 Å². The first-order valence-corrected chi connectivity index (χ1v) is 12.6. The number of aryl methyl sites for hydroxylation is 2. The van der Waals surface area contributed by atoms with Crippen LogP contribution in [0.3, 0.4) is 0 Å². The third-order valence-corrected chi connectivity index (χ3v) is 7.51. The number of esters is 1. The zero-order valence-electron chi connectivity index (χ0n) is 21.2. The highest BCUT2D eigenvalue weighted by Gasteiger charge is 2.30. The largest absolute Gasteiger partial charge is 0.465 e. The number of aromatic nitrogens is 3. The smallest absolute Gasteiger partial charge is 0.337 e. The van der Waals surface area contributed by atoms with Gasteiger partial charge in [0.15, 0.2) is 0 Å². The molecule has 1 saturated heterocycles. The van der Waals surface area contributed by atoms with E-state index in [1.165, 1.54) is 12.7 Å². The van der Waals surface area contributed by atoms with E-state index in [9.17, 15) is 4.79 Å². The summed E-state index contributed by atoms with van der Waals surface area (Å²) in [6, 6.07) is 18.5. The maximum atomic E-state index is 12.5. The first-order chi connectivity index (χ1) is 18.1. The van der Waals surface area contributed by atoms with Gasteiger partial charge in [-0.25, -0.2) is 4.79 Å². The molecule has 1 aliphatic heterocycles. The lowest BCUT2D eigenvalue weighted by atomic mass is 9.86. The number of pyridine rings is 1. The average Bonchev–Trinajstić information content (AvgIpc) is 3.45. The van der Waals surface area contributed by atoms with Crippen molar-refractivity contribution in [3.05, 3.63) is 83.4 Å². The Bertz CT molecular complexity index is 1580. The van der Waals surface area contributed by atoms with E-state index in [1.807, 2.05) is 44.3 Å². The van der Waals surface area contributed by atoms with Crippen molar-refractivity contribution in [2.75, 3.05) is 20.3 Å². The molecule has 0 radical (unpaired) electrons. The fourth-order valence-electron chi connectivity index (χ4n) is 5.80. The zero-order chi connectivity index (χ0) is 25.5. The van der Waals surface area contributed by atoms with E-state index in [1.54, 1.807) is 0 Å². The number of nitrogens with zero attached hydrogens (tertiary/aromatic N) is 3. The summed E-state index contributed by atoms with van der Waals surface area (Å²) in [5.74, 6) is 0.767. The van der Waals surface area contributed by atoms with Crippen LogP contribution in [0.4, 0.5) is 0 Å². The lowest BCUT2D eigenvalue weighted by Crippen LogP contribution is -2.27. The highest BCUT2D eigenvalue weighted by atomic mass is 16.5. The summed E-state index contributed by atoms with van der Waals surface area (Å²) < 4.78 is 18.6. The summed E-state index contributed by atoms with van der Waals surface area (Å²) in [6.45, 7) is 5.35. The van der Waals surface area contributed by atoms with Crippen LogP contribution in [0.25, 0.3) is 33.1 Å². The van der Waals surface area contributed by atoms with Gasteiger partial charge < -0.3 is 18.6 Å². The van der Waals surface area contributed by atoms with Crippen LogP contribution in [-0.2, 0) is 9.47 Å². The maximum Gasteiger partial charge on any atom is 0.337 e. The van der Waals surface area contributed by atoms with E-state index >= 15 is 0 Å². The van der Waals surface area contributed by atoms with Crippen LogP contribution in [0.1, 0.15) is 46.3 Å². The van der Waals surface area contributed by atoms with Crippen LogP contribution in [0.2, 0.25) is 0 Å². The molecule has 0 saturated carbocycles. The van der Waals surface area contributed by atoms with Crippen molar-refractivity contribution in [1.29, 1.82) is 0 Å². The highest BCUT2D eigenvalue weighted by Crippen LogP contribution is 2.41. The van der Waals surface area contributed by atoms with E-state index in [0.717, 1.165) is 70.6 Å². The van der Waals surface area contributed by atoms with Crippen molar-refractivity contribution in [2.45, 2.75) is 32.7 Å². The second-order valence-electron chi connectivity index (χ2n) is 9.69. The molecule has 5 aromatic rings. The van der Waals surface area contributed by atoms with Crippen molar-refractivity contribution >= 4 is 27.9 Å². The van der Waals surface area contributed by atoms with E-state index in [-0.39, 0.29) is 12.0 Å². The number of methoxy groups -OCH3 is 1. The molecule has 1 fully saturated rings. The maximum absolute atomic E-state index is 12.5. The van der Waals surface area contributed by atoms with E-state index in [2.05, 4.69) is 40.1 Å². The fraction of sp³-hybridized carbons (Fsp3) is 0.300. The van der Waals surface area contributed by atoms with E-state index < -0.39 is 0 Å². The number of carbonyl (C=O) groups excluding carboxylic acids is 1. The molecule has 0 amide bonds. The number of fused-ring (bicyclic) bond motifs is 3. The predicted molar refractivity (Wildman–Crippen MR) is 142 cm³/mol. The van der Waals surface area contributed by atoms with Crippen molar-refractivity contribution < 1.29 is 18.8 Å². The normalized spacial score (nSPS) is 15.3. The van der Waals surface area contributed by atoms with Gasteiger partial charge in [0.05, 0.1) is 41.0 Å². The first kappa shape index (κ1) is 23.4. The van der Waals surface area contributed by atoms with Gasteiger partial charge in [-0.1, -0.05) is 35.5 Å². The van der Waals surface area contributed by atoms with Gasteiger partial charge in [0, 0.05) is 35.9 Å². The number of rotatable bonds is 5. The lowest BCUT2D eigenvalue weighted by molar-refractivity contribution is 0.0553. The van der Waals surface area contributed by atoms with Crippen LogP contribution < -0.4 is 0 Å². The minimum atomic E-state index is -0.356. The standard InChI is InChI=1S/C30H29N3O4/c1-18-27(19(2)37-32-18)23-16-26-28(31-17-23)24-10-9-22(30(34)35-3)15-25(24)33(26)29(20-7-5-4-6-8-20)21-11-13-36-14-12-21/h4-10,15-17,21,29H,11-14H2,1-3H3. The summed E-state index contributed by atoms with van der Waals surface area (Å²) >= 11 is 0. The Labute approximate surface area is 215 Å². The monoisotopic (exact) mass is 495 g/mol. The molecule has 0 aliphatic carbocycles. The molecular formula is C30H29N3O4.